The minimum Gasteiger partial charge on any atom is -0.493 e. The molecule has 4 atom stereocenters. The number of aryl methyl sites for hydroxylation is 1. The Labute approximate surface area is 367 Å². The minimum atomic E-state index is -0.837. The topological polar surface area (TPSA) is 171 Å². The lowest BCUT2D eigenvalue weighted by atomic mass is 9.91. The predicted octanol–water partition coefficient (Wildman–Crippen LogP) is 8.76. The van der Waals surface area contributed by atoms with E-state index in [0.717, 1.165) is 18.4 Å². The summed E-state index contributed by atoms with van der Waals surface area (Å²) in [6, 6.07) is 19.7. The number of hydrogen-bond acceptors (Lipinski definition) is 13. The van der Waals surface area contributed by atoms with E-state index in [-0.39, 0.29) is 11.6 Å². The highest BCUT2D eigenvalue weighted by atomic mass is 16.6. The van der Waals surface area contributed by atoms with Crippen LogP contribution in [0.4, 0.5) is 5.69 Å². The molecule has 1 heterocycles. The van der Waals surface area contributed by atoms with Crippen molar-refractivity contribution in [1.29, 1.82) is 0 Å². The van der Waals surface area contributed by atoms with E-state index in [1.165, 1.54) is 33.5 Å². The van der Waals surface area contributed by atoms with E-state index < -0.39 is 47.6 Å². The Morgan fingerprint density at radius 1 is 0.825 bits per heavy atom. The fourth-order valence-corrected chi connectivity index (χ4v) is 7.73. The molecule has 1 aliphatic heterocycles. The van der Waals surface area contributed by atoms with Crippen molar-refractivity contribution in [3.05, 3.63) is 117 Å². The molecule has 1 saturated heterocycles. The zero-order valence-corrected chi connectivity index (χ0v) is 36.9. The molecule has 0 radical (unpaired) electrons. The average Bonchev–Trinajstić information content (AvgIpc) is 3.31. The summed E-state index contributed by atoms with van der Waals surface area (Å²) in [4.78, 5) is 54.5. The molecule has 0 bridgehead atoms. The lowest BCUT2D eigenvalue weighted by molar-refractivity contribution is -0.385. The van der Waals surface area contributed by atoms with Crippen LogP contribution in [-0.4, -0.2) is 82.4 Å². The Morgan fingerprint density at radius 3 is 2.17 bits per heavy atom. The fraction of sp³-hybridized carbons (Fsp3) is 0.396. The average molecular weight is 869 g/mol. The standard InChI is InChI=1S/C48H56N2O13/c1-9-32-19-20-33(26-39(32)50(54)55)30(3)62-45(51)29-61-36-15-13-14-34(25-36)40(21-17-31-18-22-41(56-4)42(24-31)57-5)63-48(53)38-16-11-12-23-49(38)47(52)37(10-2)35-27-43(58-6)46(60-8)44(28-35)59-7/h9,13-15,18-20,22,24-28,30,37-38,40H,1,10-12,16-17,21,23,29H2,2-8H3/t30?,37-,38?,40+/m0/s1. The van der Waals surface area contributed by atoms with Gasteiger partial charge in [0.05, 0.1) is 52.0 Å². The van der Waals surface area contributed by atoms with Crippen LogP contribution in [-0.2, 0) is 30.3 Å². The number of esters is 2. The molecule has 0 spiro atoms. The van der Waals surface area contributed by atoms with Crippen molar-refractivity contribution in [2.24, 2.45) is 0 Å². The monoisotopic (exact) mass is 868 g/mol. The van der Waals surface area contributed by atoms with Gasteiger partial charge in [-0.1, -0.05) is 43.8 Å². The zero-order valence-electron chi connectivity index (χ0n) is 36.9. The van der Waals surface area contributed by atoms with Crippen LogP contribution < -0.4 is 28.4 Å². The number of hydrogen-bond donors (Lipinski definition) is 0. The van der Waals surface area contributed by atoms with E-state index in [4.69, 9.17) is 37.9 Å². The summed E-state index contributed by atoms with van der Waals surface area (Å²) in [7, 11) is 7.67. The molecule has 0 aromatic heterocycles. The second-order valence-corrected chi connectivity index (χ2v) is 14.9. The third-order valence-corrected chi connectivity index (χ3v) is 11.1. The number of methoxy groups -OCH3 is 5. The Balaban J connectivity index is 1.37. The molecule has 15 heteroatoms. The van der Waals surface area contributed by atoms with Gasteiger partial charge in [0.1, 0.15) is 24.0 Å². The summed E-state index contributed by atoms with van der Waals surface area (Å²) < 4.78 is 45.4. The van der Waals surface area contributed by atoms with Gasteiger partial charge < -0.3 is 42.8 Å². The van der Waals surface area contributed by atoms with Crippen molar-refractivity contribution in [2.75, 3.05) is 48.7 Å². The van der Waals surface area contributed by atoms with Crippen molar-refractivity contribution < 1.29 is 57.2 Å². The molecule has 336 valence electrons. The molecule has 63 heavy (non-hydrogen) atoms. The molecular weight excluding hydrogens is 813 g/mol. The first-order chi connectivity index (χ1) is 30.4. The van der Waals surface area contributed by atoms with Crippen LogP contribution in [0.3, 0.4) is 0 Å². The molecule has 2 unspecified atom stereocenters. The number of carbonyl (C=O) groups excluding carboxylic acids is 3. The van der Waals surface area contributed by atoms with Crippen LogP contribution >= 0.6 is 0 Å². The van der Waals surface area contributed by atoms with Crippen molar-refractivity contribution in [3.8, 4) is 34.5 Å². The van der Waals surface area contributed by atoms with E-state index >= 15 is 0 Å². The molecule has 4 aromatic rings. The number of nitrogens with zero attached hydrogens (tertiary/aromatic N) is 2. The van der Waals surface area contributed by atoms with E-state index in [1.54, 1.807) is 74.6 Å². The van der Waals surface area contributed by atoms with Gasteiger partial charge in [0.15, 0.2) is 29.6 Å². The van der Waals surface area contributed by atoms with Crippen LogP contribution in [0.1, 0.15) is 91.9 Å². The van der Waals surface area contributed by atoms with Crippen molar-refractivity contribution in [2.45, 2.75) is 76.5 Å². The number of rotatable bonds is 21. The van der Waals surface area contributed by atoms with Gasteiger partial charge in [-0.05, 0) is 110 Å². The van der Waals surface area contributed by atoms with Gasteiger partial charge in [0, 0.05) is 12.6 Å². The van der Waals surface area contributed by atoms with E-state index in [9.17, 15) is 24.5 Å². The largest absolute Gasteiger partial charge is 0.493 e. The van der Waals surface area contributed by atoms with Gasteiger partial charge in [0.2, 0.25) is 11.7 Å². The van der Waals surface area contributed by atoms with E-state index in [0.29, 0.717) is 89.0 Å². The number of nitro benzene ring substituents is 1. The first-order valence-corrected chi connectivity index (χ1v) is 20.7. The lowest BCUT2D eigenvalue weighted by Crippen LogP contribution is -2.50. The van der Waals surface area contributed by atoms with Gasteiger partial charge in [0.25, 0.3) is 5.69 Å². The second-order valence-electron chi connectivity index (χ2n) is 14.9. The predicted molar refractivity (Wildman–Crippen MR) is 235 cm³/mol. The van der Waals surface area contributed by atoms with E-state index in [2.05, 4.69) is 6.58 Å². The molecule has 4 aromatic carbocycles. The summed E-state index contributed by atoms with van der Waals surface area (Å²) in [5.41, 5.74) is 2.82. The molecule has 0 saturated carbocycles. The zero-order chi connectivity index (χ0) is 45.6. The second kappa shape index (κ2) is 22.4. The molecule has 0 N–H and O–H groups in total. The smallest absolute Gasteiger partial charge is 0.344 e. The molecule has 1 aliphatic rings. The van der Waals surface area contributed by atoms with Crippen LogP contribution in [0.15, 0.2) is 79.4 Å². The summed E-state index contributed by atoms with van der Waals surface area (Å²) in [6.07, 6.45) is 2.97. The molecule has 1 amide bonds. The van der Waals surface area contributed by atoms with Gasteiger partial charge in [-0.15, -0.1) is 0 Å². The highest BCUT2D eigenvalue weighted by molar-refractivity contribution is 5.89. The van der Waals surface area contributed by atoms with Crippen molar-refractivity contribution in [1.82, 2.24) is 4.90 Å². The maximum Gasteiger partial charge on any atom is 0.344 e. The van der Waals surface area contributed by atoms with Crippen molar-refractivity contribution in [3.63, 3.8) is 0 Å². The highest BCUT2D eigenvalue weighted by Gasteiger charge is 2.38. The Kier molecular flexibility index (Phi) is 16.8. The van der Waals surface area contributed by atoms with Gasteiger partial charge in [-0.2, -0.15) is 0 Å². The maximum absolute atomic E-state index is 14.5. The first kappa shape index (κ1) is 47.3. The van der Waals surface area contributed by atoms with Gasteiger partial charge in [-0.3, -0.25) is 14.9 Å². The number of amides is 1. The van der Waals surface area contributed by atoms with Crippen LogP contribution in [0.25, 0.3) is 6.08 Å². The van der Waals surface area contributed by atoms with Gasteiger partial charge in [-0.25, -0.2) is 9.59 Å². The fourth-order valence-electron chi connectivity index (χ4n) is 7.73. The summed E-state index contributed by atoms with van der Waals surface area (Å²) in [5.74, 6) is 0.663. The SMILES string of the molecule is C=Cc1ccc(C(C)OC(=O)COc2cccc([C@@H](CCc3ccc(OC)c(OC)c3)OC(=O)C3CCCCN3C(=O)[C@@H](CC)c3cc(OC)c(OC)c(OC)c3)c2)cc1[N+](=O)[O-]. The lowest BCUT2D eigenvalue weighted by Gasteiger charge is -2.37. The number of ether oxygens (including phenoxy) is 8. The maximum atomic E-state index is 14.5. The number of benzene rings is 4. The van der Waals surface area contributed by atoms with Gasteiger partial charge >= 0.3 is 11.9 Å². The summed E-state index contributed by atoms with van der Waals surface area (Å²) in [6.45, 7) is 7.06. The van der Waals surface area contributed by atoms with Crippen LogP contribution in [0.5, 0.6) is 34.5 Å². The Morgan fingerprint density at radius 2 is 1.54 bits per heavy atom. The molecule has 1 fully saturated rings. The third kappa shape index (κ3) is 11.6. The number of piperidine rings is 1. The molecule has 0 aliphatic carbocycles. The first-order valence-electron chi connectivity index (χ1n) is 20.7. The number of likely N-dealkylation sites (tertiary alicyclic amines) is 1. The summed E-state index contributed by atoms with van der Waals surface area (Å²) >= 11 is 0. The normalized spacial score (nSPS) is 14.9. The number of nitro groups is 1. The summed E-state index contributed by atoms with van der Waals surface area (Å²) in [5, 5.41) is 11.6. The number of carbonyl (C=O) groups is 3. The third-order valence-electron chi connectivity index (χ3n) is 11.1. The van der Waals surface area contributed by atoms with Crippen molar-refractivity contribution >= 4 is 29.6 Å². The molecule has 15 nitrogen and oxygen atoms in total. The Bertz CT molecular complexity index is 2230. The van der Waals surface area contributed by atoms with Crippen LogP contribution in [0.2, 0.25) is 0 Å². The quantitative estimate of drug-likeness (QED) is 0.0443. The van der Waals surface area contributed by atoms with E-state index in [1.807, 2.05) is 25.1 Å². The highest BCUT2D eigenvalue weighted by Crippen LogP contribution is 2.42. The Hall–Kier alpha value is -6.77. The molecule has 5 rings (SSSR count). The minimum absolute atomic E-state index is 0.150. The van der Waals surface area contributed by atoms with Crippen LogP contribution in [0, 0.1) is 10.1 Å². The molecular formula is C48H56N2O13.